The number of fused-ring (bicyclic) bond motifs is 1. The summed E-state index contributed by atoms with van der Waals surface area (Å²) in [7, 11) is 0. The van der Waals surface area contributed by atoms with Crippen molar-refractivity contribution in [1.29, 1.82) is 0 Å². The van der Waals surface area contributed by atoms with E-state index in [-0.39, 0.29) is 11.6 Å². The standard InChI is InChI=1S/C15H16ClN3O/c1-9-7-8-17-15(16)14(9)19-12-4-2-3-11-10(12)5-6-13(20)18-11/h5-8,12,19H,2-4H2,1H3,(H,18,20). The number of nitrogens with one attached hydrogen (secondary N) is 2. The molecule has 2 aromatic heterocycles. The van der Waals surface area contributed by atoms with Gasteiger partial charge in [0.2, 0.25) is 5.56 Å². The minimum Gasteiger partial charge on any atom is -0.375 e. The maximum atomic E-state index is 11.4. The predicted molar refractivity (Wildman–Crippen MR) is 80.3 cm³/mol. The van der Waals surface area contributed by atoms with Crippen LogP contribution in [-0.4, -0.2) is 9.97 Å². The molecule has 0 fully saturated rings. The van der Waals surface area contributed by atoms with E-state index in [0.29, 0.717) is 5.15 Å². The smallest absolute Gasteiger partial charge is 0.248 e. The van der Waals surface area contributed by atoms with Crippen LogP contribution in [-0.2, 0) is 6.42 Å². The minimum absolute atomic E-state index is 0.0417. The van der Waals surface area contributed by atoms with Crippen molar-refractivity contribution < 1.29 is 0 Å². The number of hydrogen-bond acceptors (Lipinski definition) is 3. The third-order valence-corrected chi connectivity index (χ3v) is 4.05. The molecule has 3 rings (SSSR count). The van der Waals surface area contributed by atoms with Crippen molar-refractivity contribution in [2.45, 2.75) is 32.2 Å². The maximum Gasteiger partial charge on any atom is 0.248 e. The summed E-state index contributed by atoms with van der Waals surface area (Å²) in [6.45, 7) is 2.01. The van der Waals surface area contributed by atoms with E-state index >= 15 is 0 Å². The molecule has 104 valence electrons. The number of halogens is 1. The third-order valence-electron chi connectivity index (χ3n) is 3.76. The summed E-state index contributed by atoms with van der Waals surface area (Å²) < 4.78 is 0. The van der Waals surface area contributed by atoms with E-state index in [2.05, 4.69) is 15.3 Å². The van der Waals surface area contributed by atoms with Crippen molar-refractivity contribution in [1.82, 2.24) is 9.97 Å². The lowest BCUT2D eigenvalue weighted by molar-refractivity contribution is 0.586. The average molecular weight is 290 g/mol. The van der Waals surface area contributed by atoms with Gasteiger partial charge in [-0.25, -0.2) is 4.98 Å². The van der Waals surface area contributed by atoms with Gasteiger partial charge in [-0.2, -0.15) is 0 Å². The van der Waals surface area contributed by atoms with Crippen molar-refractivity contribution in [3.8, 4) is 0 Å². The lowest BCUT2D eigenvalue weighted by Crippen LogP contribution is -2.22. The normalized spacial score (nSPS) is 17.6. The highest BCUT2D eigenvalue weighted by Gasteiger charge is 2.22. The van der Waals surface area contributed by atoms with E-state index in [4.69, 9.17) is 11.6 Å². The fraction of sp³-hybridized carbons (Fsp3) is 0.333. The Morgan fingerprint density at radius 1 is 1.40 bits per heavy atom. The Kier molecular flexibility index (Phi) is 3.49. The highest BCUT2D eigenvalue weighted by atomic mass is 35.5. The number of hydrogen-bond donors (Lipinski definition) is 2. The second-order valence-corrected chi connectivity index (χ2v) is 5.50. The number of anilines is 1. The van der Waals surface area contributed by atoms with E-state index in [1.807, 2.05) is 19.1 Å². The van der Waals surface area contributed by atoms with E-state index < -0.39 is 0 Å². The topological polar surface area (TPSA) is 57.8 Å². The van der Waals surface area contributed by atoms with Crippen LogP contribution in [0.5, 0.6) is 0 Å². The molecule has 0 radical (unpaired) electrons. The summed E-state index contributed by atoms with van der Waals surface area (Å²) in [6, 6.07) is 5.59. The minimum atomic E-state index is -0.0417. The van der Waals surface area contributed by atoms with E-state index in [9.17, 15) is 4.79 Å². The lowest BCUT2D eigenvalue weighted by Gasteiger charge is -2.27. The Morgan fingerprint density at radius 2 is 2.25 bits per heavy atom. The zero-order valence-corrected chi connectivity index (χ0v) is 12.0. The summed E-state index contributed by atoms with van der Waals surface area (Å²) in [5.41, 5.74) is 4.08. The number of nitrogens with zero attached hydrogens (tertiary/aromatic N) is 1. The van der Waals surface area contributed by atoms with Crippen LogP contribution < -0.4 is 10.9 Å². The van der Waals surface area contributed by atoms with Crippen LogP contribution in [0, 0.1) is 6.92 Å². The molecular formula is C15H16ClN3O. The summed E-state index contributed by atoms with van der Waals surface area (Å²) in [5.74, 6) is 0. The highest BCUT2D eigenvalue weighted by Crippen LogP contribution is 2.33. The van der Waals surface area contributed by atoms with E-state index in [1.165, 1.54) is 0 Å². The highest BCUT2D eigenvalue weighted by molar-refractivity contribution is 6.32. The molecule has 1 aliphatic carbocycles. The van der Waals surface area contributed by atoms with Crippen molar-refractivity contribution in [2.75, 3.05) is 5.32 Å². The van der Waals surface area contributed by atoms with Crippen molar-refractivity contribution in [3.63, 3.8) is 0 Å². The number of aromatic nitrogens is 2. The van der Waals surface area contributed by atoms with E-state index in [1.54, 1.807) is 12.3 Å². The van der Waals surface area contributed by atoms with Gasteiger partial charge in [-0.05, 0) is 49.4 Å². The van der Waals surface area contributed by atoms with Gasteiger partial charge in [0.15, 0.2) is 5.15 Å². The Balaban J connectivity index is 1.96. The number of pyridine rings is 2. The van der Waals surface area contributed by atoms with Crippen LogP contribution in [0.3, 0.4) is 0 Å². The second-order valence-electron chi connectivity index (χ2n) is 5.14. The van der Waals surface area contributed by atoms with Gasteiger partial charge in [0.25, 0.3) is 0 Å². The zero-order valence-electron chi connectivity index (χ0n) is 11.2. The fourth-order valence-corrected chi connectivity index (χ4v) is 2.98. The van der Waals surface area contributed by atoms with Crippen molar-refractivity contribution in [3.05, 3.63) is 56.7 Å². The molecule has 5 heteroatoms. The zero-order chi connectivity index (χ0) is 14.1. The van der Waals surface area contributed by atoms with Gasteiger partial charge in [-0.1, -0.05) is 11.6 Å². The third kappa shape index (κ3) is 2.43. The van der Waals surface area contributed by atoms with E-state index in [0.717, 1.165) is 41.8 Å². The average Bonchev–Trinajstić information content (AvgIpc) is 2.42. The molecule has 0 spiro atoms. The molecule has 0 saturated carbocycles. The predicted octanol–water partition coefficient (Wildman–Crippen LogP) is 3.22. The molecule has 1 aliphatic rings. The summed E-state index contributed by atoms with van der Waals surface area (Å²) >= 11 is 6.17. The van der Waals surface area contributed by atoms with Crippen molar-refractivity contribution >= 4 is 17.3 Å². The van der Waals surface area contributed by atoms with Crippen LogP contribution in [0.1, 0.15) is 35.7 Å². The summed E-state index contributed by atoms with van der Waals surface area (Å²) in [4.78, 5) is 18.5. The molecule has 4 nitrogen and oxygen atoms in total. The first-order valence-electron chi connectivity index (χ1n) is 6.75. The number of rotatable bonds is 2. The van der Waals surface area contributed by atoms with Crippen LogP contribution in [0.25, 0.3) is 0 Å². The van der Waals surface area contributed by atoms with Crippen molar-refractivity contribution in [2.24, 2.45) is 0 Å². The fourth-order valence-electron chi connectivity index (χ4n) is 2.72. The molecule has 0 aromatic carbocycles. The first-order chi connectivity index (χ1) is 9.65. The molecule has 2 N–H and O–H groups in total. The molecule has 0 amide bonds. The van der Waals surface area contributed by atoms with Gasteiger partial charge >= 0.3 is 0 Å². The van der Waals surface area contributed by atoms with Gasteiger partial charge in [-0.3, -0.25) is 4.79 Å². The SMILES string of the molecule is Cc1ccnc(Cl)c1NC1CCCc2[nH]c(=O)ccc21. The number of H-pyrrole nitrogens is 1. The molecule has 0 bridgehead atoms. The Morgan fingerprint density at radius 3 is 3.05 bits per heavy atom. The monoisotopic (exact) mass is 289 g/mol. The molecule has 2 heterocycles. The Hall–Kier alpha value is -1.81. The second kappa shape index (κ2) is 5.29. The van der Waals surface area contributed by atoms with Gasteiger partial charge < -0.3 is 10.3 Å². The van der Waals surface area contributed by atoms with Crippen LogP contribution in [0.4, 0.5) is 5.69 Å². The Bertz CT molecular complexity index is 676. The molecule has 1 atom stereocenters. The van der Waals surface area contributed by atoms with Crippen LogP contribution in [0.15, 0.2) is 29.2 Å². The molecule has 20 heavy (non-hydrogen) atoms. The molecule has 1 unspecified atom stereocenters. The molecular weight excluding hydrogens is 274 g/mol. The summed E-state index contributed by atoms with van der Waals surface area (Å²) in [5, 5.41) is 3.96. The first-order valence-corrected chi connectivity index (χ1v) is 7.12. The van der Waals surface area contributed by atoms with Gasteiger partial charge in [-0.15, -0.1) is 0 Å². The van der Waals surface area contributed by atoms with Gasteiger partial charge in [0.05, 0.1) is 11.7 Å². The first kappa shape index (κ1) is 13.2. The van der Waals surface area contributed by atoms with Gasteiger partial charge in [0.1, 0.15) is 0 Å². The molecule has 2 aromatic rings. The van der Waals surface area contributed by atoms with Gasteiger partial charge in [0, 0.05) is 18.0 Å². The molecule has 0 aliphatic heterocycles. The summed E-state index contributed by atoms with van der Waals surface area (Å²) in [6.07, 6.45) is 4.68. The van der Waals surface area contributed by atoms with Crippen LogP contribution in [0.2, 0.25) is 5.15 Å². The largest absolute Gasteiger partial charge is 0.375 e. The molecule has 0 saturated heterocycles. The Labute approximate surface area is 122 Å². The number of aromatic amines is 1. The number of aryl methyl sites for hydroxylation is 2. The quantitative estimate of drug-likeness (QED) is 0.835. The lowest BCUT2D eigenvalue weighted by atomic mass is 9.91. The van der Waals surface area contributed by atoms with Crippen LogP contribution >= 0.6 is 11.6 Å². The maximum absolute atomic E-state index is 11.4.